The number of rotatable bonds is 7. The van der Waals surface area contributed by atoms with Crippen LogP contribution in [0.15, 0.2) is 0 Å². The largest absolute Gasteiger partial charge is 0.459 e. The number of hydrogen-bond acceptors (Lipinski definition) is 12. The number of nitrogens with zero attached hydrogens (tertiary/aromatic N) is 4. The Labute approximate surface area is 247 Å². The fourth-order valence-electron chi connectivity index (χ4n) is 4.51. The highest BCUT2D eigenvalue weighted by atomic mass is 16.6. The third kappa shape index (κ3) is 26.6. The van der Waals surface area contributed by atoms with Gasteiger partial charge in [0.15, 0.2) is 0 Å². The molecule has 1 atom stereocenters. The van der Waals surface area contributed by atoms with Crippen LogP contribution in [0.1, 0.15) is 62.3 Å². The predicted octanol–water partition coefficient (Wildman–Crippen LogP) is 0.795. The Morgan fingerprint density at radius 1 is 0.707 bits per heavy atom. The maximum Gasteiger partial charge on any atom is 0.373 e. The quantitative estimate of drug-likeness (QED) is 0.405. The molecule has 1 rings (SSSR count). The number of nitrogens with two attached hydrogens (primary N) is 1. The van der Waals surface area contributed by atoms with Crippen LogP contribution < -0.4 is 5.73 Å². The van der Waals surface area contributed by atoms with E-state index in [1.807, 2.05) is 20.8 Å². The van der Waals surface area contributed by atoms with E-state index in [0.717, 1.165) is 65.4 Å². The highest BCUT2D eigenvalue weighted by molar-refractivity contribution is 5.72. The third-order valence-electron chi connectivity index (χ3n) is 5.84. The Morgan fingerprint density at radius 3 is 1.32 bits per heavy atom. The number of carbonyl (C=O) groups excluding carboxylic acids is 5. The van der Waals surface area contributed by atoms with Crippen molar-refractivity contribution in [3.8, 4) is 0 Å². The Bertz CT molecular complexity index is 766. The predicted molar refractivity (Wildman–Crippen MR) is 156 cm³/mol. The topological polar surface area (TPSA) is 154 Å². The van der Waals surface area contributed by atoms with Gasteiger partial charge in [-0.3, -0.25) is 14.6 Å². The molecular formula is C29H57N5O7. The van der Waals surface area contributed by atoms with Gasteiger partial charge in [-0.1, -0.05) is 41.5 Å². The van der Waals surface area contributed by atoms with Crippen molar-refractivity contribution in [2.75, 3.05) is 85.1 Å². The van der Waals surface area contributed by atoms with Crippen LogP contribution in [0, 0.1) is 10.8 Å². The zero-order valence-corrected chi connectivity index (χ0v) is 27.0. The molecule has 0 saturated carbocycles. The van der Waals surface area contributed by atoms with Crippen molar-refractivity contribution in [2.24, 2.45) is 16.6 Å². The monoisotopic (exact) mass is 587 g/mol. The first-order valence-electron chi connectivity index (χ1n) is 14.3. The van der Waals surface area contributed by atoms with Gasteiger partial charge in [0.05, 0.1) is 12.6 Å². The van der Waals surface area contributed by atoms with E-state index in [0.29, 0.717) is 6.54 Å². The Kier molecular flexibility index (Phi) is 20.9. The summed E-state index contributed by atoms with van der Waals surface area (Å²) in [6.45, 7) is 29.7. The molecule has 0 aromatic carbocycles. The molecule has 0 spiro atoms. The molecule has 0 aromatic heterocycles. The van der Waals surface area contributed by atoms with Gasteiger partial charge in [-0.2, -0.15) is 19.2 Å². The van der Waals surface area contributed by atoms with Crippen molar-refractivity contribution in [3.05, 3.63) is 0 Å². The van der Waals surface area contributed by atoms with E-state index >= 15 is 0 Å². The van der Waals surface area contributed by atoms with Crippen LogP contribution in [0.25, 0.3) is 0 Å². The number of carbonyl (C=O) groups is 1. The average molecular weight is 588 g/mol. The summed E-state index contributed by atoms with van der Waals surface area (Å²) in [6.07, 6.45) is -0.0412. The molecule has 1 unspecified atom stereocenters. The second-order valence-corrected chi connectivity index (χ2v) is 13.9. The minimum absolute atomic E-state index is 0.183. The fourth-order valence-corrected chi connectivity index (χ4v) is 4.51. The molecule has 1 saturated heterocycles. The van der Waals surface area contributed by atoms with Crippen molar-refractivity contribution < 1.29 is 33.8 Å². The van der Waals surface area contributed by atoms with Crippen LogP contribution in [0.2, 0.25) is 0 Å². The molecule has 1 heterocycles. The lowest BCUT2D eigenvalue weighted by atomic mass is 9.95. The lowest BCUT2D eigenvalue weighted by Crippen LogP contribution is -2.50. The van der Waals surface area contributed by atoms with Crippen molar-refractivity contribution in [1.82, 2.24) is 19.6 Å². The van der Waals surface area contributed by atoms with Crippen molar-refractivity contribution in [3.63, 3.8) is 0 Å². The first-order chi connectivity index (χ1) is 18.8. The second-order valence-electron chi connectivity index (χ2n) is 13.9. The van der Waals surface area contributed by atoms with Crippen molar-refractivity contribution in [1.29, 1.82) is 0 Å². The first-order valence-corrected chi connectivity index (χ1v) is 14.3. The highest BCUT2D eigenvalue weighted by Gasteiger charge is 2.25. The van der Waals surface area contributed by atoms with E-state index in [-0.39, 0.29) is 42.2 Å². The van der Waals surface area contributed by atoms with Gasteiger partial charge in [0.1, 0.15) is 5.60 Å². The van der Waals surface area contributed by atoms with E-state index in [4.69, 9.17) is 29.6 Å². The summed E-state index contributed by atoms with van der Waals surface area (Å²) in [5, 5.41) is 10.3. The summed E-state index contributed by atoms with van der Waals surface area (Å²) in [6, 6.07) is 0. The minimum Gasteiger partial charge on any atom is -0.459 e. The molecule has 1 fully saturated rings. The third-order valence-corrected chi connectivity index (χ3v) is 5.84. The molecule has 0 amide bonds. The molecule has 1 aliphatic heterocycles. The van der Waals surface area contributed by atoms with Crippen molar-refractivity contribution in [2.45, 2.75) is 74.0 Å². The van der Waals surface area contributed by atoms with Crippen LogP contribution in [-0.4, -0.2) is 140 Å². The molecule has 0 aromatic rings. The van der Waals surface area contributed by atoms with Gasteiger partial charge < -0.3 is 25.4 Å². The van der Waals surface area contributed by atoms with Crippen molar-refractivity contribution >= 4 is 18.3 Å². The Hall–Kier alpha value is -2.01. The first kappa shape index (κ1) is 41.1. The lowest BCUT2D eigenvalue weighted by Gasteiger charge is -2.38. The summed E-state index contributed by atoms with van der Waals surface area (Å²) in [5.74, 6) is -0.183. The normalized spacial score (nSPS) is 18.1. The van der Waals surface area contributed by atoms with Gasteiger partial charge in [0.25, 0.3) is 0 Å². The molecule has 0 radical (unpaired) electrons. The Morgan fingerprint density at radius 2 is 1.02 bits per heavy atom. The summed E-state index contributed by atoms with van der Waals surface area (Å²) in [5.41, 5.74) is 5.66. The number of aliphatic hydroxyl groups is 1. The second kappa shape index (κ2) is 20.8. The molecular weight excluding hydrogens is 530 g/mol. The van der Waals surface area contributed by atoms with Gasteiger partial charge in [-0.25, -0.2) is 0 Å². The van der Waals surface area contributed by atoms with Crippen LogP contribution in [0.5, 0.6) is 0 Å². The maximum atomic E-state index is 12.6. The maximum absolute atomic E-state index is 12.6. The molecule has 12 nitrogen and oxygen atoms in total. The van der Waals surface area contributed by atoms with E-state index < -0.39 is 11.7 Å². The van der Waals surface area contributed by atoms with E-state index in [9.17, 15) is 9.90 Å². The standard InChI is InChI=1S/C27H57N5O3.2CO2/c1-25(2,3)21-31-14-12-29(19-23(33)18-28)10-11-30(20-24(34)35-27(7,8)9)13-15-32(17-16-31)22-26(4,5)6;2*2-1-3/h23,33H,10-22,28H2,1-9H3;;. The van der Waals surface area contributed by atoms with Gasteiger partial charge in [0, 0.05) is 78.5 Å². The summed E-state index contributed by atoms with van der Waals surface area (Å²) in [4.78, 5) is 54.8. The van der Waals surface area contributed by atoms with E-state index in [1.165, 1.54) is 0 Å². The molecule has 41 heavy (non-hydrogen) atoms. The summed E-state index contributed by atoms with van der Waals surface area (Å²) >= 11 is 0. The Balaban J connectivity index is 0. The molecule has 3 N–H and O–H groups in total. The summed E-state index contributed by atoms with van der Waals surface area (Å²) in [7, 11) is 0. The molecule has 12 heteroatoms. The number of β-amino-alcohol motifs (C(OH)–C–C–N with tert-alkyl or cyclic N) is 1. The number of aliphatic hydroxyl groups excluding tert-OH is 1. The zero-order valence-electron chi connectivity index (χ0n) is 27.0. The van der Waals surface area contributed by atoms with Gasteiger partial charge >= 0.3 is 18.3 Å². The lowest BCUT2D eigenvalue weighted by molar-refractivity contribution is -0.193. The minimum atomic E-state index is -0.541. The number of esters is 1. The van der Waals surface area contributed by atoms with Crippen LogP contribution in [-0.2, 0) is 28.7 Å². The molecule has 240 valence electrons. The zero-order chi connectivity index (χ0) is 32.3. The van der Waals surface area contributed by atoms with Crippen LogP contribution in [0.4, 0.5) is 0 Å². The smallest absolute Gasteiger partial charge is 0.373 e. The van der Waals surface area contributed by atoms with E-state index in [2.05, 4.69) is 61.1 Å². The van der Waals surface area contributed by atoms with Gasteiger partial charge in [-0.15, -0.1) is 0 Å². The van der Waals surface area contributed by atoms with Crippen LogP contribution >= 0.6 is 0 Å². The highest BCUT2D eigenvalue weighted by Crippen LogP contribution is 2.18. The van der Waals surface area contributed by atoms with Gasteiger partial charge in [0.2, 0.25) is 0 Å². The molecule has 1 aliphatic rings. The molecule has 0 bridgehead atoms. The summed E-state index contributed by atoms with van der Waals surface area (Å²) < 4.78 is 5.62. The van der Waals surface area contributed by atoms with Gasteiger partial charge in [-0.05, 0) is 31.6 Å². The fraction of sp³-hybridized carbons (Fsp3) is 0.897. The van der Waals surface area contributed by atoms with Crippen LogP contribution in [0.3, 0.4) is 0 Å². The number of hydrogen-bond donors (Lipinski definition) is 2. The van der Waals surface area contributed by atoms with E-state index in [1.54, 1.807) is 0 Å². The molecule has 0 aliphatic carbocycles. The number of ether oxygens (including phenoxy) is 1. The average Bonchev–Trinajstić information content (AvgIpc) is 2.78. The SMILES string of the molecule is CC(C)(C)CN1CCN(CC(=O)OC(C)(C)C)CCN(CC(O)CN)CCN(CC(C)(C)C)CC1.O=C=O.O=C=O.